The Morgan fingerprint density at radius 3 is 2.76 bits per heavy atom. The molecular formula is C25H22N4O5. The van der Waals surface area contributed by atoms with Gasteiger partial charge in [-0.15, -0.1) is 5.48 Å². The van der Waals surface area contributed by atoms with Crippen LogP contribution in [-0.4, -0.2) is 33.3 Å². The topological polar surface area (TPSA) is 115 Å². The van der Waals surface area contributed by atoms with E-state index >= 15 is 0 Å². The highest BCUT2D eigenvalue weighted by atomic mass is 16.7. The van der Waals surface area contributed by atoms with Gasteiger partial charge in [0.2, 0.25) is 0 Å². The Labute approximate surface area is 201 Å². The summed E-state index contributed by atoms with van der Waals surface area (Å²) in [6.45, 7) is -6.17. The van der Waals surface area contributed by atoms with E-state index in [1.165, 1.54) is 22.8 Å². The van der Waals surface area contributed by atoms with Crippen molar-refractivity contribution in [1.82, 2.24) is 20.3 Å². The summed E-state index contributed by atoms with van der Waals surface area (Å²) < 4.78 is 44.8. The molecule has 9 nitrogen and oxygen atoms in total. The molecule has 2 heterocycles. The van der Waals surface area contributed by atoms with Crippen LogP contribution in [0, 0.1) is 0 Å². The van der Waals surface area contributed by atoms with Crippen LogP contribution in [0.15, 0.2) is 66.7 Å². The first-order valence-corrected chi connectivity index (χ1v) is 10.3. The number of hydroxylamine groups is 1. The Morgan fingerprint density at radius 1 is 1.21 bits per heavy atom. The standard InChI is InChI=1S/C25H22N4O5/c1-2-33-24-26-20-9-5-8-19(23(30)31)21(20)29(24)14-15-10-12-16(13-11-15)17-6-3-4-7-18(17)22-27-25(32)34-28-22/h3-13,22,28H,2,14H2,1H3,(H,27,32)(H,30,31)/i1D3,2D2. The summed E-state index contributed by atoms with van der Waals surface area (Å²) in [5, 5.41) is 12.4. The molecule has 0 aliphatic carbocycles. The fraction of sp³-hybridized carbons (Fsp3) is 0.160. The summed E-state index contributed by atoms with van der Waals surface area (Å²) in [7, 11) is 0. The monoisotopic (exact) mass is 463 g/mol. The number of nitrogens with zero attached hydrogens (tertiary/aromatic N) is 2. The highest BCUT2D eigenvalue weighted by Crippen LogP contribution is 2.30. The molecule has 0 radical (unpaired) electrons. The maximum Gasteiger partial charge on any atom is 0.427 e. The molecule has 4 aromatic rings. The van der Waals surface area contributed by atoms with Crippen molar-refractivity contribution < 1.29 is 31.1 Å². The fourth-order valence-electron chi connectivity index (χ4n) is 4.02. The largest absolute Gasteiger partial charge is 0.478 e. The first-order chi connectivity index (χ1) is 18.4. The number of hydrogen-bond acceptors (Lipinski definition) is 6. The molecule has 3 N–H and O–H groups in total. The highest BCUT2D eigenvalue weighted by molar-refractivity contribution is 6.01. The second-order valence-corrected chi connectivity index (χ2v) is 7.53. The van der Waals surface area contributed by atoms with E-state index < -0.39 is 31.6 Å². The number of nitrogens with one attached hydrogen (secondary N) is 2. The second-order valence-electron chi connectivity index (χ2n) is 7.53. The van der Waals surface area contributed by atoms with E-state index in [1.807, 2.05) is 36.4 Å². The SMILES string of the molecule is [2H]C([2H])([2H])C([2H])([2H])Oc1nc2cccc(C(=O)O)c2n1Cc1ccc(-c2ccccc2C2NOC(=O)N2)cc1. The molecule has 1 saturated heterocycles. The van der Waals surface area contributed by atoms with Crippen molar-refractivity contribution in [2.45, 2.75) is 19.6 Å². The zero-order chi connectivity index (χ0) is 27.9. The van der Waals surface area contributed by atoms with Gasteiger partial charge in [-0.3, -0.25) is 9.88 Å². The minimum Gasteiger partial charge on any atom is -0.478 e. The third-order valence-electron chi connectivity index (χ3n) is 5.51. The van der Waals surface area contributed by atoms with Gasteiger partial charge in [0.05, 0.1) is 32.4 Å². The lowest BCUT2D eigenvalue weighted by Gasteiger charge is -2.15. The van der Waals surface area contributed by atoms with Gasteiger partial charge in [0.1, 0.15) is 6.17 Å². The van der Waals surface area contributed by atoms with Crippen molar-refractivity contribution >= 4 is 23.1 Å². The van der Waals surface area contributed by atoms with Gasteiger partial charge in [0.15, 0.2) is 0 Å². The number of benzene rings is 3. The number of rotatable bonds is 7. The van der Waals surface area contributed by atoms with Gasteiger partial charge in [-0.1, -0.05) is 54.6 Å². The van der Waals surface area contributed by atoms with E-state index in [0.29, 0.717) is 5.56 Å². The van der Waals surface area contributed by atoms with Gasteiger partial charge in [0, 0.05) is 4.11 Å². The number of ether oxygens (including phenoxy) is 1. The van der Waals surface area contributed by atoms with Crippen molar-refractivity contribution in [3.05, 3.63) is 83.4 Å². The van der Waals surface area contributed by atoms with E-state index in [-0.39, 0.29) is 29.2 Å². The highest BCUT2D eigenvalue weighted by Gasteiger charge is 2.25. The number of carbonyl (C=O) groups is 2. The van der Waals surface area contributed by atoms with Crippen LogP contribution < -0.4 is 15.5 Å². The average molecular weight is 464 g/mol. The lowest BCUT2D eigenvalue weighted by molar-refractivity contribution is 0.0698. The van der Waals surface area contributed by atoms with Gasteiger partial charge < -0.3 is 14.7 Å². The van der Waals surface area contributed by atoms with E-state index in [9.17, 15) is 14.7 Å². The predicted molar refractivity (Wildman–Crippen MR) is 124 cm³/mol. The molecule has 1 aromatic heterocycles. The zero-order valence-corrected chi connectivity index (χ0v) is 17.6. The molecule has 1 amide bonds. The molecule has 1 unspecified atom stereocenters. The third-order valence-corrected chi connectivity index (χ3v) is 5.51. The van der Waals surface area contributed by atoms with Crippen molar-refractivity contribution in [3.8, 4) is 17.1 Å². The van der Waals surface area contributed by atoms with E-state index in [0.717, 1.165) is 16.7 Å². The van der Waals surface area contributed by atoms with Crippen molar-refractivity contribution in [2.24, 2.45) is 0 Å². The number of carbonyl (C=O) groups excluding carboxylic acids is 1. The maximum absolute atomic E-state index is 11.9. The molecule has 1 fully saturated rings. The molecule has 172 valence electrons. The number of imidazole rings is 1. The maximum atomic E-state index is 11.9. The number of amides is 1. The van der Waals surface area contributed by atoms with Gasteiger partial charge in [0.25, 0.3) is 6.01 Å². The molecule has 1 aliphatic rings. The number of hydrogen-bond donors (Lipinski definition) is 3. The van der Waals surface area contributed by atoms with Crippen LogP contribution >= 0.6 is 0 Å². The summed E-state index contributed by atoms with van der Waals surface area (Å²) in [6, 6.07) is 18.7. The summed E-state index contributed by atoms with van der Waals surface area (Å²) in [6.07, 6.45) is -1.12. The zero-order valence-electron chi connectivity index (χ0n) is 22.6. The van der Waals surface area contributed by atoms with Crippen LogP contribution in [0.4, 0.5) is 4.79 Å². The Hall–Kier alpha value is -4.37. The van der Waals surface area contributed by atoms with Gasteiger partial charge in [-0.25, -0.2) is 9.59 Å². The smallest absolute Gasteiger partial charge is 0.427 e. The predicted octanol–water partition coefficient (Wildman–Crippen LogP) is 4.09. The summed E-state index contributed by atoms with van der Waals surface area (Å²) >= 11 is 0. The van der Waals surface area contributed by atoms with Gasteiger partial charge in [-0.2, -0.15) is 4.98 Å². The number of carboxylic acid groups (broad SMARTS) is 1. The molecule has 0 spiro atoms. The number of fused-ring (bicyclic) bond motifs is 1. The molecule has 1 atom stereocenters. The summed E-state index contributed by atoms with van der Waals surface area (Å²) in [5.74, 6) is -1.23. The second kappa shape index (κ2) is 8.87. The lowest BCUT2D eigenvalue weighted by Crippen LogP contribution is -2.22. The van der Waals surface area contributed by atoms with Crippen LogP contribution in [-0.2, 0) is 11.4 Å². The number of aromatic nitrogens is 2. The normalized spacial score (nSPS) is 18.2. The van der Waals surface area contributed by atoms with Crippen LogP contribution in [0.25, 0.3) is 22.2 Å². The Kier molecular flexibility index (Phi) is 4.25. The first kappa shape index (κ1) is 16.3. The van der Waals surface area contributed by atoms with E-state index in [1.54, 1.807) is 12.1 Å². The third kappa shape index (κ3) is 3.93. The molecular weight excluding hydrogens is 436 g/mol. The quantitative estimate of drug-likeness (QED) is 0.378. The van der Waals surface area contributed by atoms with Gasteiger partial charge >= 0.3 is 12.1 Å². The Bertz CT molecular complexity index is 1570. The number of carboxylic acids is 1. The minimum atomic E-state index is -3.11. The molecule has 1 aliphatic heterocycles. The van der Waals surface area contributed by atoms with Crippen LogP contribution in [0.1, 0.15) is 41.4 Å². The molecule has 5 rings (SSSR count). The lowest BCUT2D eigenvalue weighted by atomic mass is 9.97. The Morgan fingerprint density at radius 2 is 2.03 bits per heavy atom. The fourth-order valence-corrected chi connectivity index (χ4v) is 4.02. The average Bonchev–Trinajstić information content (AvgIpc) is 3.46. The van der Waals surface area contributed by atoms with Gasteiger partial charge in [-0.05, 0) is 41.2 Å². The molecule has 34 heavy (non-hydrogen) atoms. The van der Waals surface area contributed by atoms with Crippen LogP contribution in [0.5, 0.6) is 6.01 Å². The number of aromatic carboxylic acids is 1. The first-order valence-electron chi connectivity index (χ1n) is 12.8. The molecule has 0 bridgehead atoms. The molecule has 9 heteroatoms. The van der Waals surface area contributed by atoms with Crippen molar-refractivity contribution in [1.29, 1.82) is 0 Å². The van der Waals surface area contributed by atoms with E-state index in [2.05, 4.69) is 15.8 Å². The van der Waals surface area contributed by atoms with Crippen LogP contribution in [0.2, 0.25) is 0 Å². The summed E-state index contributed by atoms with van der Waals surface area (Å²) in [5.41, 5.74) is 6.05. The van der Waals surface area contributed by atoms with Crippen molar-refractivity contribution in [2.75, 3.05) is 6.56 Å². The van der Waals surface area contributed by atoms with Crippen molar-refractivity contribution in [3.63, 3.8) is 0 Å². The molecule has 0 saturated carbocycles. The van der Waals surface area contributed by atoms with Crippen LogP contribution in [0.3, 0.4) is 0 Å². The number of para-hydroxylation sites is 1. The molecule has 3 aromatic carbocycles. The Balaban J connectivity index is 1.52. The summed E-state index contributed by atoms with van der Waals surface area (Å²) in [4.78, 5) is 32.4. The van der Waals surface area contributed by atoms with E-state index in [4.69, 9.17) is 16.4 Å². The minimum absolute atomic E-state index is 0.0171.